The molecule has 0 bridgehead atoms. The fourth-order valence-corrected chi connectivity index (χ4v) is 3.78. The van der Waals surface area contributed by atoms with E-state index in [2.05, 4.69) is 9.97 Å². The smallest absolute Gasteiger partial charge is 0.234 e. The summed E-state index contributed by atoms with van der Waals surface area (Å²) in [6, 6.07) is 1.61. The van der Waals surface area contributed by atoms with E-state index < -0.39 is 0 Å². The van der Waals surface area contributed by atoms with E-state index in [-0.39, 0.29) is 23.0 Å². The Balaban J connectivity index is 1.84. The lowest BCUT2D eigenvalue weighted by Gasteiger charge is -2.35. The van der Waals surface area contributed by atoms with Gasteiger partial charge in [-0.05, 0) is 32.6 Å². The van der Waals surface area contributed by atoms with Crippen LogP contribution in [0.1, 0.15) is 39.0 Å². The minimum atomic E-state index is -0.383. The average molecular weight is 308 g/mol. The standard InChI is InChI=1S/C15H18ClN3O2/c1-10(20)11-3-2-4-15(8-11)5-6-19(14(15)21)13-7-12(16)17-9-18-13/h7,9,11H,2-6,8H2,1H3/t11-,15+/m1/s1. The fraction of sp³-hybridized carbons (Fsp3) is 0.600. The number of carbonyl (C=O) groups excluding carboxylic acids is 2. The van der Waals surface area contributed by atoms with Crippen molar-refractivity contribution in [2.75, 3.05) is 11.4 Å². The molecular weight excluding hydrogens is 290 g/mol. The SMILES string of the molecule is CC(=O)[C@@H]1CCC[C@]2(CCN(c3cc(Cl)ncn3)C2=O)C1. The first kappa shape index (κ1) is 14.4. The second-order valence-electron chi connectivity index (χ2n) is 6.09. The first-order valence-corrected chi connectivity index (χ1v) is 7.70. The highest BCUT2D eigenvalue weighted by Gasteiger charge is 2.50. The molecule has 1 amide bonds. The number of anilines is 1. The molecule has 0 radical (unpaired) electrons. The largest absolute Gasteiger partial charge is 0.300 e. The average Bonchev–Trinajstić information content (AvgIpc) is 2.76. The Kier molecular flexibility index (Phi) is 3.69. The molecule has 2 atom stereocenters. The van der Waals surface area contributed by atoms with Crippen LogP contribution in [-0.4, -0.2) is 28.2 Å². The molecule has 0 aromatic carbocycles. The first-order valence-electron chi connectivity index (χ1n) is 7.32. The van der Waals surface area contributed by atoms with Gasteiger partial charge >= 0.3 is 0 Å². The molecule has 1 aromatic rings. The van der Waals surface area contributed by atoms with Crippen LogP contribution in [0.2, 0.25) is 5.15 Å². The van der Waals surface area contributed by atoms with Crippen molar-refractivity contribution in [2.45, 2.75) is 39.0 Å². The number of amides is 1. The van der Waals surface area contributed by atoms with Gasteiger partial charge in [-0.15, -0.1) is 0 Å². The van der Waals surface area contributed by atoms with Gasteiger partial charge in [0.05, 0.1) is 5.41 Å². The summed E-state index contributed by atoms with van der Waals surface area (Å²) in [7, 11) is 0. The van der Waals surface area contributed by atoms with Crippen LogP contribution in [-0.2, 0) is 9.59 Å². The summed E-state index contributed by atoms with van der Waals surface area (Å²) < 4.78 is 0. The van der Waals surface area contributed by atoms with Crippen LogP contribution in [0.25, 0.3) is 0 Å². The number of ketones is 1. The van der Waals surface area contributed by atoms with E-state index in [1.165, 1.54) is 6.33 Å². The van der Waals surface area contributed by atoms with Gasteiger partial charge in [-0.1, -0.05) is 18.0 Å². The van der Waals surface area contributed by atoms with Crippen LogP contribution in [0, 0.1) is 11.3 Å². The number of halogens is 1. The van der Waals surface area contributed by atoms with Crippen molar-refractivity contribution >= 4 is 29.1 Å². The minimum absolute atomic E-state index is 0.0247. The third-order valence-electron chi connectivity index (χ3n) is 4.83. The quantitative estimate of drug-likeness (QED) is 0.788. The highest BCUT2D eigenvalue weighted by atomic mass is 35.5. The first-order chi connectivity index (χ1) is 10.0. The number of carbonyl (C=O) groups is 2. The topological polar surface area (TPSA) is 63.2 Å². The van der Waals surface area contributed by atoms with E-state index in [9.17, 15) is 9.59 Å². The normalized spacial score (nSPS) is 29.1. The van der Waals surface area contributed by atoms with E-state index in [4.69, 9.17) is 11.6 Å². The van der Waals surface area contributed by atoms with E-state index in [1.54, 1.807) is 17.9 Å². The molecule has 1 aliphatic heterocycles. The van der Waals surface area contributed by atoms with Gasteiger partial charge in [0.25, 0.3) is 0 Å². The van der Waals surface area contributed by atoms with Crippen LogP contribution < -0.4 is 4.90 Å². The summed E-state index contributed by atoms with van der Waals surface area (Å²) in [5.74, 6) is 0.868. The van der Waals surface area contributed by atoms with E-state index >= 15 is 0 Å². The van der Waals surface area contributed by atoms with Crippen molar-refractivity contribution in [1.82, 2.24) is 9.97 Å². The molecule has 21 heavy (non-hydrogen) atoms. The van der Waals surface area contributed by atoms with Crippen molar-refractivity contribution in [2.24, 2.45) is 11.3 Å². The van der Waals surface area contributed by atoms with Crippen LogP contribution in [0.15, 0.2) is 12.4 Å². The molecule has 1 aliphatic carbocycles. The zero-order valence-corrected chi connectivity index (χ0v) is 12.8. The maximum Gasteiger partial charge on any atom is 0.234 e. The molecule has 0 unspecified atom stereocenters. The number of hydrogen-bond donors (Lipinski definition) is 0. The Bertz CT molecular complexity index is 592. The zero-order chi connectivity index (χ0) is 15.0. The molecule has 3 rings (SSSR count). The second-order valence-corrected chi connectivity index (χ2v) is 6.48. The van der Waals surface area contributed by atoms with Crippen molar-refractivity contribution < 1.29 is 9.59 Å². The zero-order valence-electron chi connectivity index (χ0n) is 12.0. The molecule has 2 fully saturated rings. The van der Waals surface area contributed by atoms with Crippen molar-refractivity contribution in [3.8, 4) is 0 Å². The van der Waals surface area contributed by atoms with E-state index in [1.807, 2.05) is 0 Å². The summed E-state index contributed by atoms with van der Waals surface area (Å²) in [5, 5.41) is 0.332. The van der Waals surface area contributed by atoms with Crippen LogP contribution >= 0.6 is 11.6 Å². The van der Waals surface area contributed by atoms with Gasteiger partial charge in [0.15, 0.2) is 0 Å². The third kappa shape index (κ3) is 2.55. The lowest BCUT2D eigenvalue weighted by Crippen LogP contribution is -2.39. The number of hydrogen-bond acceptors (Lipinski definition) is 4. The molecule has 6 heteroatoms. The fourth-order valence-electron chi connectivity index (χ4n) is 3.64. The van der Waals surface area contributed by atoms with Crippen molar-refractivity contribution in [3.05, 3.63) is 17.5 Å². The Morgan fingerprint density at radius 3 is 2.95 bits per heavy atom. The van der Waals surface area contributed by atoms with Crippen LogP contribution in [0.3, 0.4) is 0 Å². The maximum absolute atomic E-state index is 12.9. The lowest BCUT2D eigenvalue weighted by atomic mass is 9.68. The van der Waals surface area contributed by atoms with Crippen LogP contribution in [0.4, 0.5) is 5.82 Å². The van der Waals surface area contributed by atoms with E-state index in [0.717, 1.165) is 25.7 Å². The second kappa shape index (κ2) is 5.37. The molecular formula is C15H18ClN3O2. The van der Waals surface area contributed by atoms with Gasteiger partial charge in [-0.25, -0.2) is 9.97 Å². The summed E-state index contributed by atoms with van der Waals surface area (Å²) in [6.45, 7) is 2.27. The highest BCUT2D eigenvalue weighted by Crippen LogP contribution is 2.47. The number of nitrogens with zero attached hydrogens (tertiary/aromatic N) is 3. The maximum atomic E-state index is 12.9. The van der Waals surface area contributed by atoms with Crippen LogP contribution in [0.5, 0.6) is 0 Å². The highest BCUT2D eigenvalue weighted by molar-refractivity contribution is 6.29. The third-order valence-corrected chi connectivity index (χ3v) is 5.04. The van der Waals surface area contributed by atoms with Gasteiger partial charge in [0, 0.05) is 18.5 Å². The van der Waals surface area contributed by atoms with Gasteiger partial charge in [0.2, 0.25) is 5.91 Å². The Morgan fingerprint density at radius 2 is 2.24 bits per heavy atom. The molecule has 0 N–H and O–H groups in total. The summed E-state index contributed by atoms with van der Waals surface area (Å²) >= 11 is 5.88. The summed E-state index contributed by atoms with van der Waals surface area (Å²) in [4.78, 5) is 34.2. The molecule has 2 aliphatic rings. The summed E-state index contributed by atoms with van der Waals surface area (Å²) in [6.07, 6.45) is 5.55. The molecule has 1 saturated carbocycles. The predicted molar refractivity (Wildman–Crippen MR) is 79.1 cm³/mol. The monoisotopic (exact) mass is 307 g/mol. The van der Waals surface area contributed by atoms with Gasteiger partial charge < -0.3 is 0 Å². The van der Waals surface area contributed by atoms with E-state index in [0.29, 0.717) is 23.9 Å². The molecule has 1 saturated heterocycles. The Labute approximate surface area is 128 Å². The van der Waals surface area contributed by atoms with Crippen molar-refractivity contribution in [3.63, 3.8) is 0 Å². The number of aromatic nitrogens is 2. The van der Waals surface area contributed by atoms with Gasteiger partial charge in [-0.2, -0.15) is 0 Å². The number of Topliss-reactive ketones (excluding diaryl/α,β-unsaturated/α-hetero) is 1. The molecule has 1 spiro atoms. The summed E-state index contributed by atoms with van der Waals surface area (Å²) in [5.41, 5.74) is -0.383. The lowest BCUT2D eigenvalue weighted by molar-refractivity contribution is -0.130. The Hall–Kier alpha value is -1.49. The van der Waals surface area contributed by atoms with Gasteiger partial charge in [0.1, 0.15) is 23.1 Å². The van der Waals surface area contributed by atoms with Crippen molar-refractivity contribution in [1.29, 1.82) is 0 Å². The Morgan fingerprint density at radius 1 is 1.43 bits per heavy atom. The molecule has 5 nitrogen and oxygen atoms in total. The van der Waals surface area contributed by atoms with Gasteiger partial charge in [-0.3, -0.25) is 14.5 Å². The molecule has 2 heterocycles. The predicted octanol–water partition coefficient (Wildman–Crippen LogP) is 2.63. The number of rotatable bonds is 2. The molecule has 1 aromatic heterocycles. The minimum Gasteiger partial charge on any atom is -0.300 e. The molecule has 112 valence electrons.